The molecular formula is C9H9N3O2. The quantitative estimate of drug-likeness (QED) is 0.669. The van der Waals surface area contributed by atoms with E-state index in [1.54, 1.807) is 4.68 Å². The highest BCUT2D eigenvalue weighted by atomic mass is 16.5. The maximum Gasteiger partial charge on any atom is 0.197 e. The van der Waals surface area contributed by atoms with E-state index < -0.39 is 0 Å². The number of hydrogen-bond acceptors (Lipinski definition) is 4. The second-order valence-electron chi connectivity index (χ2n) is 3.02. The third kappa shape index (κ3) is 1.22. The van der Waals surface area contributed by atoms with Gasteiger partial charge in [-0.25, -0.2) is 0 Å². The van der Waals surface area contributed by atoms with Crippen LogP contribution >= 0.6 is 0 Å². The number of aryl methyl sites for hydroxylation is 2. The zero-order chi connectivity index (χ0) is 10.1. The summed E-state index contributed by atoms with van der Waals surface area (Å²) in [5.74, 6) is 0.420. The van der Waals surface area contributed by atoms with E-state index in [1.807, 2.05) is 20.0 Å². The van der Waals surface area contributed by atoms with E-state index in [-0.39, 0.29) is 0 Å². The smallest absolute Gasteiger partial charge is 0.197 e. The van der Waals surface area contributed by atoms with E-state index in [0.717, 1.165) is 5.69 Å². The number of carbonyl (C=O) groups is 1. The van der Waals surface area contributed by atoms with Crippen LogP contribution in [0.3, 0.4) is 0 Å². The molecule has 0 bridgehead atoms. The van der Waals surface area contributed by atoms with Crippen molar-refractivity contribution >= 4 is 6.29 Å². The van der Waals surface area contributed by atoms with Gasteiger partial charge in [-0.1, -0.05) is 5.16 Å². The summed E-state index contributed by atoms with van der Waals surface area (Å²) in [5.41, 5.74) is 2.04. The first-order chi connectivity index (χ1) is 6.72. The minimum Gasteiger partial charge on any atom is -0.354 e. The van der Waals surface area contributed by atoms with Crippen LogP contribution in [0.25, 0.3) is 11.5 Å². The summed E-state index contributed by atoms with van der Waals surface area (Å²) < 4.78 is 6.67. The van der Waals surface area contributed by atoms with Gasteiger partial charge in [-0.15, -0.1) is 0 Å². The average molecular weight is 191 g/mol. The van der Waals surface area contributed by atoms with Crippen molar-refractivity contribution in [2.45, 2.75) is 6.92 Å². The van der Waals surface area contributed by atoms with E-state index in [0.29, 0.717) is 23.3 Å². The van der Waals surface area contributed by atoms with Crippen LogP contribution in [0, 0.1) is 6.92 Å². The molecule has 0 amide bonds. The van der Waals surface area contributed by atoms with Crippen LogP contribution < -0.4 is 0 Å². The second kappa shape index (κ2) is 3.10. The second-order valence-corrected chi connectivity index (χ2v) is 3.02. The maximum absolute atomic E-state index is 10.6. The molecule has 0 aliphatic heterocycles. The fourth-order valence-corrected chi connectivity index (χ4v) is 1.20. The number of carbonyl (C=O) groups excluding carboxylic acids is 1. The molecule has 0 unspecified atom stereocenters. The SMILES string of the molecule is Cc1cc(-c2oncc2C=O)nn1C. The van der Waals surface area contributed by atoms with E-state index in [4.69, 9.17) is 4.52 Å². The summed E-state index contributed by atoms with van der Waals surface area (Å²) in [5, 5.41) is 7.74. The molecule has 0 fully saturated rings. The van der Waals surface area contributed by atoms with Gasteiger partial charge in [-0.3, -0.25) is 9.48 Å². The predicted octanol–water partition coefficient (Wildman–Crippen LogP) is 1.20. The first-order valence-corrected chi connectivity index (χ1v) is 4.13. The monoisotopic (exact) mass is 191 g/mol. The first kappa shape index (κ1) is 8.68. The van der Waals surface area contributed by atoms with Crippen molar-refractivity contribution in [3.8, 4) is 11.5 Å². The Morgan fingerprint density at radius 3 is 2.93 bits per heavy atom. The summed E-state index contributed by atoms with van der Waals surface area (Å²) >= 11 is 0. The molecule has 0 aliphatic rings. The molecule has 0 atom stereocenters. The minimum absolute atomic E-state index is 0.420. The predicted molar refractivity (Wildman–Crippen MR) is 48.8 cm³/mol. The van der Waals surface area contributed by atoms with E-state index >= 15 is 0 Å². The molecule has 14 heavy (non-hydrogen) atoms. The molecule has 2 aromatic rings. The highest BCUT2D eigenvalue weighted by Crippen LogP contribution is 2.21. The van der Waals surface area contributed by atoms with Crippen LogP contribution in [0.15, 0.2) is 16.8 Å². The van der Waals surface area contributed by atoms with Crippen LogP contribution in [0.2, 0.25) is 0 Å². The lowest BCUT2D eigenvalue weighted by Crippen LogP contribution is -1.92. The summed E-state index contributed by atoms with van der Waals surface area (Å²) in [6.07, 6.45) is 2.09. The van der Waals surface area contributed by atoms with Gasteiger partial charge in [0.05, 0.1) is 11.8 Å². The highest BCUT2D eigenvalue weighted by Gasteiger charge is 2.13. The molecule has 0 aliphatic carbocycles. The average Bonchev–Trinajstić information content (AvgIpc) is 2.73. The van der Waals surface area contributed by atoms with Crippen molar-refractivity contribution in [2.75, 3.05) is 0 Å². The Morgan fingerprint density at radius 2 is 2.36 bits per heavy atom. The Balaban J connectivity index is 2.54. The van der Waals surface area contributed by atoms with Gasteiger partial charge in [0, 0.05) is 12.7 Å². The topological polar surface area (TPSA) is 60.9 Å². The van der Waals surface area contributed by atoms with Gasteiger partial charge in [0.15, 0.2) is 12.0 Å². The zero-order valence-electron chi connectivity index (χ0n) is 7.89. The Morgan fingerprint density at radius 1 is 1.57 bits per heavy atom. The van der Waals surface area contributed by atoms with Crippen molar-refractivity contribution in [1.29, 1.82) is 0 Å². The number of nitrogens with zero attached hydrogens (tertiary/aromatic N) is 3. The molecule has 0 radical (unpaired) electrons. The van der Waals surface area contributed by atoms with Crippen LogP contribution in [0.5, 0.6) is 0 Å². The Bertz CT molecular complexity index is 451. The molecule has 2 rings (SSSR count). The lowest BCUT2D eigenvalue weighted by atomic mass is 10.2. The molecule has 5 nitrogen and oxygen atoms in total. The third-order valence-corrected chi connectivity index (χ3v) is 2.07. The molecule has 72 valence electrons. The van der Waals surface area contributed by atoms with Gasteiger partial charge in [0.2, 0.25) is 0 Å². The molecule has 2 aromatic heterocycles. The summed E-state index contributed by atoms with van der Waals surface area (Å²) in [6, 6.07) is 1.84. The van der Waals surface area contributed by atoms with Crippen molar-refractivity contribution in [1.82, 2.24) is 14.9 Å². The van der Waals surface area contributed by atoms with Gasteiger partial charge in [-0.05, 0) is 13.0 Å². The maximum atomic E-state index is 10.6. The van der Waals surface area contributed by atoms with E-state index in [2.05, 4.69) is 10.3 Å². The lowest BCUT2D eigenvalue weighted by molar-refractivity contribution is 0.112. The Hall–Kier alpha value is -1.91. The number of hydrogen-bond donors (Lipinski definition) is 0. The van der Waals surface area contributed by atoms with Gasteiger partial charge in [-0.2, -0.15) is 5.10 Å². The van der Waals surface area contributed by atoms with Gasteiger partial charge in [0.1, 0.15) is 5.69 Å². The highest BCUT2D eigenvalue weighted by molar-refractivity contribution is 5.83. The molecule has 5 heteroatoms. The van der Waals surface area contributed by atoms with Gasteiger partial charge in [0.25, 0.3) is 0 Å². The van der Waals surface area contributed by atoms with Crippen molar-refractivity contribution in [3.05, 3.63) is 23.5 Å². The zero-order valence-corrected chi connectivity index (χ0v) is 7.89. The number of aromatic nitrogens is 3. The summed E-state index contributed by atoms with van der Waals surface area (Å²) in [4.78, 5) is 10.6. The van der Waals surface area contributed by atoms with Crippen LogP contribution in [-0.2, 0) is 7.05 Å². The standard InChI is InChI=1S/C9H9N3O2/c1-6-3-8(11-12(6)2)9-7(5-13)4-10-14-9/h3-5H,1-2H3. The van der Waals surface area contributed by atoms with Crippen LogP contribution in [0.1, 0.15) is 16.1 Å². The summed E-state index contributed by atoms with van der Waals surface area (Å²) in [6.45, 7) is 1.92. The van der Waals surface area contributed by atoms with Crippen LogP contribution in [0.4, 0.5) is 0 Å². The van der Waals surface area contributed by atoms with Crippen molar-refractivity contribution in [2.24, 2.45) is 7.05 Å². The number of aldehydes is 1. The van der Waals surface area contributed by atoms with Gasteiger partial charge < -0.3 is 4.52 Å². The normalized spacial score (nSPS) is 10.4. The van der Waals surface area contributed by atoms with Crippen molar-refractivity contribution < 1.29 is 9.32 Å². The molecule has 0 saturated heterocycles. The molecule has 0 aromatic carbocycles. The Kier molecular flexibility index (Phi) is 1.92. The van der Waals surface area contributed by atoms with Crippen molar-refractivity contribution in [3.63, 3.8) is 0 Å². The molecular weight excluding hydrogens is 182 g/mol. The Labute approximate surface area is 80.3 Å². The van der Waals surface area contributed by atoms with E-state index in [1.165, 1.54) is 6.20 Å². The van der Waals surface area contributed by atoms with Gasteiger partial charge >= 0.3 is 0 Å². The molecule has 0 N–H and O–H groups in total. The lowest BCUT2D eigenvalue weighted by Gasteiger charge is -1.89. The largest absolute Gasteiger partial charge is 0.354 e. The third-order valence-electron chi connectivity index (χ3n) is 2.07. The fraction of sp³-hybridized carbons (Fsp3) is 0.222. The molecule has 2 heterocycles. The number of rotatable bonds is 2. The summed E-state index contributed by atoms with van der Waals surface area (Å²) in [7, 11) is 1.83. The molecule has 0 spiro atoms. The fourth-order valence-electron chi connectivity index (χ4n) is 1.20. The molecule has 0 saturated carbocycles. The van der Waals surface area contributed by atoms with Crippen LogP contribution in [-0.4, -0.2) is 21.2 Å². The first-order valence-electron chi connectivity index (χ1n) is 4.13. The van der Waals surface area contributed by atoms with E-state index in [9.17, 15) is 4.79 Å². The minimum atomic E-state index is 0.420.